The van der Waals surface area contributed by atoms with Crippen LogP contribution in [0.1, 0.15) is 21.7 Å². The lowest BCUT2D eigenvalue weighted by molar-refractivity contribution is 0.0949. The molecule has 3 aromatic rings. The van der Waals surface area contributed by atoms with Crippen LogP contribution in [0.25, 0.3) is 11.1 Å². The van der Waals surface area contributed by atoms with Gasteiger partial charge in [-0.2, -0.15) is 0 Å². The van der Waals surface area contributed by atoms with Crippen LogP contribution in [0.15, 0.2) is 45.7 Å². The van der Waals surface area contributed by atoms with Crippen LogP contribution in [0.3, 0.4) is 0 Å². The van der Waals surface area contributed by atoms with Gasteiger partial charge >= 0.3 is 0 Å². The molecule has 7 heteroatoms. The SMILES string of the molecule is Cn1cc(C(=O)NCc2ccc(Cl)cc2)c(=O)c2cc(CN)oc21. The molecule has 0 radical (unpaired) electrons. The van der Waals surface area contributed by atoms with E-state index in [-0.39, 0.29) is 17.5 Å². The molecule has 0 aliphatic heterocycles. The number of hydrogen-bond acceptors (Lipinski definition) is 4. The number of halogens is 1. The van der Waals surface area contributed by atoms with Crippen molar-refractivity contribution in [3.63, 3.8) is 0 Å². The molecule has 24 heavy (non-hydrogen) atoms. The molecule has 2 heterocycles. The number of benzene rings is 1. The number of aryl methyl sites for hydroxylation is 1. The van der Waals surface area contributed by atoms with Gasteiger partial charge in [-0.1, -0.05) is 23.7 Å². The Bertz CT molecular complexity index is 958. The molecule has 2 aromatic heterocycles. The van der Waals surface area contributed by atoms with E-state index in [0.717, 1.165) is 5.56 Å². The van der Waals surface area contributed by atoms with E-state index in [0.29, 0.717) is 28.4 Å². The number of rotatable bonds is 4. The van der Waals surface area contributed by atoms with Crippen molar-refractivity contribution in [1.82, 2.24) is 9.88 Å². The molecule has 0 saturated heterocycles. The maximum atomic E-state index is 12.5. The summed E-state index contributed by atoms with van der Waals surface area (Å²) in [4.78, 5) is 24.9. The number of carbonyl (C=O) groups is 1. The summed E-state index contributed by atoms with van der Waals surface area (Å²) in [5, 5.41) is 3.71. The van der Waals surface area contributed by atoms with Crippen molar-refractivity contribution in [2.24, 2.45) is 12.8 Å². The number of nitrogens with two attached hydrogens (primary N) is 1. The Morgan fingerprint density at radius 1 is 1.33 bits per heavy atom. The summed E-state index contributed by atoms with van der Waals surface area (Å²) in [6.07, 6.45) is 1.46. The van der Waals surface area contributed by atoms with E-state index in [1.807, 2.05) is 12.1 Å². The largest absolute Gasteiger partial charge is 0.443 e. The molecule has 1 aromatic carbocycles. The van der Waals surface area contributed by atoms with Crippen molar-refractivity contribution in [1.29, 1.82) is 0 Å². The minimum Gasteiger partial charge on any atom is -0.443 e. The lowest BCUT2D eigenvalue weighted by Gasteiger charge is -2.07. The molecule has 0 unspecified atom stereocenters. The number of furan rings is 1. The molecule has 124 valence electrons. The van der Waals surface area contributed by atoms with Gasteiger partial charge in [-0.15, -0.1) is 0 Å². The minimum absolute atomic E-state index is 0.0586. The first-order valence-electron chi connectivity index (χ1n) is 7.34. The zero-order valence-corrected chi connectivity index (χ0v) is 13.8. The van der Waals surface area contributed by atoms with E-state index in [1.54, 1.807) is 29.8 Å². The van der Waals surface area contributed by atoms with Crippen LogP contribution in [0.2, 0.25) is 5.02 Å². The Kier molecular flexibility index (Phi) is 4.42. The van der Waals surface area contributed by atoms with Crippen LogP contribution in [-0.4, -0.2) is 10.5 Å². The van der Waals surface area contributed by atoms with Gasteiger partial charge in [0, 0.05) is 24.8 Å². The summed E-state index contributed by atoms with van der Waals surface area (Å²) in [6.45, 7) is 0.489. The van der Waals surface area contributed by atoms with Crippen LogP contribution < -0.4 is 16.5 Å². The van der Waals surface area contributed by atoms with Gasteiger partial charge < -0.3 is 20.0 Å². The average molecular weight is 346 g/mol. The monoisotopic (exact) mass is 345 g/mol. The van der Waals surface area contributed by atoms with E-state index in [9.17, 15) is 9.59 Å². The molecule has 3 N–H and O–H groups in total. The second kappa shape index (κ2) is 6.51. The van der Waals surface area contributed by atoms with Crippen molar-refractivity contribution >= 4 is 28.6 Å². The quantitative estimate of drug-likeness (QED) is 0.758. The van der Waals surface area contributed by atoms with Crippen molar-refractivity contribution in [2.45, 2.75) is 13.1 Å². The minimum atomic E-state index is -0.442. The molecule has 1 amide bonds. The summed E-state index contributed by atoms with van der Waals surface area (Å²) < 4.78 is 7.10. The molecular weight excluding hydrogens is 330 g/mol. The van der Waals surface area contributed by atoms with Gasteiger partial charge in [-0.25, -0.2) is 0 Å². The van der Waals surface area contributed by atoms with Crippen LogP contribution in [0.4, 0.5) is 0 Å². The Morgan fingerprint density at radius 3 is 2.71 bits per heavy atom. The zero-order valence-electron chi connectivity index (χ0n) is 13.0. The van der Waals surface area contributed by atoms with Gasteiger partial charge in [0.2, 0.25) is 11.1 Å². The second-order valence-corrected chi connectivity index (χ2v) is 5.86. The van der Waals surface area contributed by atoms with Crippen LogP contribution in [-0.2, 0) is 20.1 Å². The summed E-state index contributed by atoms with van der Waals surface area (Å²) in [5.41, 5.74) is 6.51. The van der Waals surface area contributed by atoms with Crippen molar-refractivity contribution in [3.05, 3.63) is 68.7 Å². The van der Waals surface area contributed by atoms with E-state index < -0.39 is 5.91 Å². The molecule has 0 atom stereocenters. The average Bonchev–Trinajstić information content (AvgIpc) is 3.03. The van der Waals surface area contributed by atoms with E-state index in [2.05, 4.69) is 5.32 Å². The standard InChI is InChI=1S/C17H16ClN3O3/c1-21-9-14(15(22)13-6-12(7-19)24-17(13)21)16(23)20-8-10-2-4-11(18)5-3-10/h2-6,9H,7-8,19H2,1H3,(H,20,23). The first kappa shape index (κ1) is 16.3. The number of carbonyl (C=O) groups excluding carboxylic acids is 1. The molecule has 0 saturated carbocycles. The third-order valence-corrected chi connectivity index (χ3v) is 3.96. The van der Waals surface area contributed by atoms with Crippen LogP contribution in [0, 0.1) is 0 Å². The molecule has 0 bridgehead atoms. The fourth-order valence-electron chi connectivity index (χ4n) is 2.45. The molecule has 3 rings (SSSR count). The fraction of sp³-hybridized carbons (Fsp3) is 0.176. The molecule has 0 spiro atoms. The Labute approximate surface area is 142 Å². The van der Waals surface area contributed by atoms with Gasteiger partial charge in [-0.3, -0.25) is 9.59 Å². The Hall–Kier alpha value is -2.57. The summed E-state index contributed by atoms with van der Waals surface area (Å²) in [5.74, 6) is 0.0550. The Morgan fingerprint density at radius 2 is 2.04 bits per heavy atom. The molecule has 0 fully saturated rings. The van der Waals surface area contributed by atoms with Crippen molar-refractivity contribution in [2.75, 3.05) is 0 Å². The third-order valence-electron chi connectivity index (χ3n) is 3.71. The highest BCUT2D eigenvalue weighted by Gasteiger charge is 2.17. The number of nitrogens with zero attached hydrogens (tertiary/aromatic N) is 1. The van der Waals surface area contributed by atoms with Crippen molar-refractivity contribution in [3.8, 4) is 0 Å². The van der Waals surface area contributed by atoms with Gasteiger partial charge in [0.05, 0.1) is 11.9 Å². The highest BCUT2D eigenvalue weighted by molar-refractivity contribution is 6.30. The fourth-order valence-corrected chi connectivity index (χ4v) is 2.58. The Balaban J connectivity index is 1.88. The predicted molar refractivity (Wildman–Crippen MR) is 92.0 cm³/mol. The van der Waals surface area contributed by atoms with E-state index >= 15 is 0 Å². The number of aromatic nitrogens is 1. The normalized spacial score (nSPS) is 11.0. The lowest BCUT2D eigenvalue weighted by Crippen LogP contribution is -2.29. The maximum Gasteiger partial charge on any atom is 0.257 e. The van der Waals surface area contributed by atoms with E-state index in [4.69, 9.17) is 21.8 Å². The lowest BCUT2D eigenvalue weighted by atomic mass is 10.2. The van der Waals surface area contributed by atoms with Gasteiger partial charge in [0.1, 0.15) is 11.3 Å². The maximum absolute atomic E-state index is 12.5. The van der Waals surface area contributed by atoms with Gasteiger partial charge in [0.25, 0.3) is 5.91 Å². The first-order chi connectivity index (χ1) is 11.5. The summed E-state index contributed by atoms with van der Waals surface area (Å²) >= 11 is 5.83. The number of pyridine rings is 1. The highest BCUT2D eigenvalue weighted by Crippen LogP contribution is 2.16. The van der Waals surface area contributed by atoms with Gasteiger partial charge in [0.15, 0.2) is 0 Å². The first-order valence-corrected chi connectivity index (χ1v) is 7.72. The highest BCUT2D eigenvalue weighted by atomic mass is 35.5. The molecule has 0 aliphatic rings. The molecule has 0 aliphatic carbocycles. The van der Waals surface area contributed by atoms with Gasteiger partial charge in [-0.05, 0) is 23.8 Å². The number of hydrogen-bond donors (Lipinski definition) is 2. The zero-order chi connectivity index (χ0) is 17.3. The van der Waals surface area contributed by atoms with E-state index in [1.165, 1.54) is 6.20 Å². The number of amides is 1. The number of fused-ring (bicyclic) bond motifs is 1. The second-order valence-electron chi connectivity index (χ2n) is 5.43. The topological polar surface area (TPSA) is 90.3 Å². The smallest absolute Gasteiger partial charge is 0.257 e. The summed E-state index contributed by atoms with van der Waals surface area (Å²) in [6, 6.07) is 8.69. The summed E-state index contributed by atoms with van der Waals surface area (Å²) in [7, 11) is 1.71. The number of nitrogens with one attached hydrogen (secondary N) is 1. The van der Waals surface area contributed by atoms with Crippen LogP contribution >= 0.6 is 11.6 Å². The third kappa shape index (κ3) is 3.06. The molecular formula is C17H16ClN3O3. The predicted octanol–water partition coefficient (Wildman–Crippen LogP) is 2.17. The molecule has 6 nitrogen and oxygen atoms in total. The van der Waals surface area contributed by atoms with Crippen LogP contribution in [0.5, 0.6) is 0 Å². The van der Waals surface area contributed by atoms with Crippen molar-refractivity contribution < 1.29 is 9.21 Å².